The largest absolute Gasteiger partial charge is 0.357 e. The summed E-state index contributed by atoms with van der Waals surface area (Å²) in [5, 5.41) is 3.25. The van der Waals surface area contributed by atoms with Gasteiger partial charge < -0.3 is 10.2 Å². The van der Waals surface area contributed by atoms with Gasteiger partial charge in [-0.15, -0.1) is 0 Å². The molecule has 3 rings (SSSR count). The maximum atomic E-state index is 13.9. The summed E-state index contributed by atoms with van der Waals surface area (Å²) in [6, 6.07) is 17.1. The first-order chi connectivity index (χ1) is 18.0. The summed E-state index contributed by atoms with van der Waals surface area (Å²) >= 11 is 16.2. The second-order valence-electron chi connectivity index (χ2n) is 8.56. The van der Waals surface area contributed by atoms with Crippen LogP contribution < -0.4 is 9.62 Å². The van der Waals surface area contributed by atoms with Gasteiger partial charge in [0.15, 0.2) is 0 Å². The lowest BCUT2D eigenvalue weighted by atomic mass is 10.1. The molecule has 2 amide bonds. The van der Waals surface area contributed by atoms with E-state index in [0.29, 0.717) is 20.1 Å². The van der Waals surface area contributed by atoms with Gasteiger partial charge in [-0.1, -0.05) is 75.9 Å². The van der Waals surface area contributed by atoms with Crippen molar-refractivity contribution in [3.05, 3.63) is 92.4 Å². The molecule has 0 aliphatic carbocycles. The van der Waals surface area contributed by atoms with Gasteiger partial charge in [0.1, 0.15) is 12.6 Å². The molecule has 0 radical (unpaired) electrons. The van der Waals surface area contributed by atoms with Crippen molar-refractivity contribution in [2.75, 3.05) is 17.9 Å². The van der Waals surface area contributed by atoms with Crippen molar-refractivity contribution >= 4 is 66.7 Å². The lowest BCUT2D eigenvalue weighted by Gasteiger charge is -2.33. The number of nitrogens with zero attached hydrogens (tertiary/aromatic N) is 2. The standard InChI is InChI=1S/C27H28BrCl2N3O4S/c1-4-25(27(35)31-3)32(16-22-23(29)9-6-10-24(22)30)26(34)17-33(20-8-5-7-19(28)15-20)38(36,37)21-13-11-18(2)12-14-21/h5-15,25H,4,16-17H2,1-3H3,(H,31,35)/t25-/m1/s1. The van der Waals surface area contributed by atoms with E-state index >= 15 is 0 Å². The summed E-state index contributed by atoms with van der Waals surface area (Å²) in [6.07, 6.45) is 0.287. The van der Waals surface area contributed by atoms with Gasteiger partial charge in [-0.25, -0.2) is 8.42 Å². The summed E-state index contributed by atoms with van der Waals surface area (Å²) in [4.78, 5) is 28.1. The third-order valence-corrected chi connectivity index (χ3v) is 9.00. The van der Waals surface area contributed by atoms with Crippen LogP contribution in [0.1, 0.15) is 24.5 Å². The fraction of sp³-hybridized carbons (Fsp3) is 0.259. The van der Waals surface area contributed by atoms with Crippen LogP contribution in [0.2, 0.25) is 10.0 Å². The van der Waals surface area contributed by atoms with E-state index < -0.39 is 28.5 Å². The van der Waals surface area contributed by atoms with Crippen LogP contribution in [0, 0.1) is 6.92 Å². The second kappa shape index (κ2) is 13.0. The zero-order valence-electron chi connectivity index (χ0n) is 21.1. The van der Waals surface area contributed by atoms with Gasteiger partial charge in [0, 0.05) is 33.7 Å². The SMILES string of the molecule is CC[C@H](C(=O)NC)N(Cc1c(Cl)cccc1Cl)C(=O)CN(c1cccc(Br)c1)S(=O)(=O)c1ccc(C)cc1. The molecule has 38 heavy (non-hydrogen) atoms. The average molecular weight is 641 g/mol. The Morgan fingerprint density at radius 1 is 1.00 bits per heavy atom. The summed E-state index contributed by atoms with van der Waals surface area (Å²) < 4.78 is 29.3. The number of carbonyl (C=O) groups excluding carboxylic acids is 2. The number of hydrogen-bond donors (Lipinski definition) is 1. The number of sulfonamides is 1. The first kappa shape index (κ1) is 30.0. The summed E-state index contributed by atoms with van der Waals surface area (Å²) in [5.41, 5.74) is 1.65. The molecule has 0 aromatic heterocycles. The quantitative estimate of drug-likeness (QED) is 0.303. The molecule has 11 heteroatoms. The number of anilines is 1. The predicted molar refractivity (Wildman–Crippen MR) is 155 cm³/mol. The number of amides is 2. The highest BCUT2D eigenvalue weighted by molar-refractivity contribution is 9.10. The third kappa shape index (κ3) is 6.88. The van der Waals surface area contributed by atoms with Gasteiger partial charge in [-0.3, -0.25) is 13.9 Å². The minimum Gasteiger partial charge on any atom is -0.357 e. The number of benzene rings is 3. The normalized spacial score (nSPS) is 12.1. The number of rotatable bonds is 10. The lowest BCUT2D eigenvalue weighted by molar-refractivity contribution is -0.140. The van der Waals surface area contributed by atoms with Crippen molar-refractivity contribution in [2.45, 2.75) is 37.8 Å². The van der Waals surface area contributed by atoms with Gasteiger partial charge in [-0.05, 0) is 55.8 Å². The minimum atomic E-state index is -4.15. The Hall–Kier alpha value is -2.59. The first-order valence-corrected chi connectivity index (χ1v) is 14.8. The molecule has 0 aliphatic heterocycles. The van der Waals surface area contributed by atoms with Crippen LogP contribution in [0.5, 0.6) is 0 Å². The smallest absolute Gasteiger partial charge is 0.264 e. The van der Waals surface area contributed by atoms with E-state index in [1.807, 2.05) is 6.92 Å². The van der Waals surface area contributed by atoms with Gasteiger partial charge in [0.05, 0.1) is 10.6 Å². The Balaban J connectivity index is 2.10. The van der Waals surface area contributed by atoms with Crippen molar-refractivity contribution in [2.24, 2.45) is 0 Å². The Labute approximate surface area is 241 Å². The molecule has 0 saturated heterocycles. The zero-order chi connectivity index (χ0) is 28.0. The topological polar surface area (TPSA) is 86.8 Å². The van der Waals surface area contributed by atoms with E-state index in [9.17, 15) is 18.0 Å². The molecule has 0 saturated carbocycles. The van der Waals surface area contributed by atoms with Crippen LogP contribution in [0.4, 0.5) is 5.69 Å². The summed E-state index contributed by atoms with van der Waals surface area (Å²) in [7, 11) is -2.67. The number of likely N-dealkylation sites (N-methyl/N-ethyl adjacent to an activating group) is 1. The first-order valence-electron chi connectivity index (χ1n) is 11.8. The number of halogens is 3. The highest BCUT2D eigenvalue weighted by Gasteiger charge is 2.34. The van der Waals surface area contributed by atoms with Crippen LogP contribution in [-0.2, 0) is 26.2 Å². The second-order valence-corrected chi connectivity index (χ2v) is 12.2. The van der Waals surface area contributed by atoms with E-state index in [1.165, 1.54) is 24.1 Å². The number of carbonyl (C=O) groups is 2. The van der Waals surface area contributed by atoms with Crippen LogP contribution in [0.25, 0.3) is 0 Å². The highest BCUT2D eigenvalue weighted by Crippen LogP contribution is 2.29. The molecule has 0 unspecified atom stereocenters. The Kier molecular flexibility index (Phi) is 10.2. The fourth-order valence-electron chi connectivity index (χ4n) is 3.94. The van der Waals surface area contributed by atoms with Crippen molar-refractivity contribution in [3.8, 4) is 0 Å². The number of aryl methyl sites for hydroxylation is 1. The number of hydrogen-bond acceptors (Lipinski definition) is 4. The summed E-state index contributed by atoms with van der Waals surface area (Å²) in [5.74, 6) is -0.980. The van der Waals surface area contributed by atoms with Crippen molar-refractivity contribution in [3.63, 3.8) is 0 Å². The monoisotopic (exact) mass is 639 g/mol. The van der Waals surface area contributed by atoms with Gasteiger partial charge in [0.2, 0.25) is 11.8 Å². The van der Waals surface area contributed by atoms with Crippen molar-refractivity contribution in [1.29, 1.82) is 0 Å². The molecule has 0 fully saturated rings. The number of nitrogens with one attached hydrogen (secondary N) is 1. The third-order valence-electron chi connectivity index (χ3n) is 6.01. The van der Waals surface area contributed by atoms with Crippen LogP contribution in [0.3, 0.4) is 0 Å². The molecule has 3 aromatic rings. The van der Waals surface area contributed by atoms with Crippen molar-refractivity contribution < 1.29 is 18.0 Å². The minimum absolute atomic E-state index is 0.0370. The molecule has 1 N–H and O–H groups in total. The molecule has 0 heterocycles. The van der Waals surface area contributed by atoms with Crippen molar-refractivity contribution in [1.82, 2.24) is 10.2 Å². The lowest BCUT2D eigenvalue weighted by Crippen LogP contribution is -2.51. The molecule has 3 aromatic carbocycles. The van der Waals surface area contributed by atoms with Gasteiger partial charge in [-0.2, -0.15) is 0 Å². The molecule has 202 valence electrons. The Morgan fingerprint density at radius 3 is 2.16 bits per heavy atom. The predicted octanol–water partition coefficient (Wildman–Crippen LogP) is 5.81. The van der Waals surface area contributed by atoms with Gasteiger partial charge >= 0.3 is 0 Å². The van der Waals surface area contributed by atoms with E-state index in [-0.39, 0.29) is 29.5 Å². The van der Waals surface area contributed by atoms with Crippen LogP contribution in [0.15, 0.2) is 76.1 Å². The summed E-state index contributed by atoms with van der Waals surface area (Å²) in [6.45, 7) is 2.99. The molecule has 7 nitrogen and oxygen atoms in total. The highest BCUT2D eigenvalue weighted by atomic mass is 79.9. The van der Waals surface area contributed by atoms with Crippen LogP contribution >= 0.6 is 39.1 Å². The Bertz CT molecular complexity index is 1400. The fourth-order valence-corrected chi connectivity index (χ4v) is 6.25. The molecule has 1 atom stereocenters. The zero-order valence-corrected chi connectivity index (χ0v) is 25.0. The van der Waals surface area contributed by atoms with Crippen LogP contribution in [-0.4, -0.2) is 44.8 Å². The van der Waals surface area contributed by atoms with E-state index in [2.05, 4.69) is 21.2 Å². The molecule has 0 bridgehead atoms. The molecular formula is C27H28BrCl2N3O4S. The average Bonchev–Trinajstić information content (AvgIpc) is 2.88. The maximum absolute atomic E-state index is 13.9. The van der Waals surface area contributed by atoms with E-state index in [0.717, 1.165) is 9.87 Å². The molecular weight excluding hydrogens is 613 g/mol. The van der Waals surface area contributed by atoms with E-state index in [1.54, 1.807) is 61.5 Å². The molecule has 0 spiro atoms. The maximum Gasteiger partial charge on any atom is 0.264 e. The Morgan fingerprint density at radius 2 is 1.61 bits per heavy atom. The van der Waals surface area contributed by atoms with E-state index in [4.69, 9.17) is 23.2 Å². The molecule has 0 aliphatic rings. The van der Waals surface area contributed by atoms with Gasteiger partial charge in [0.25, 0.3) is 10.0 Å².